The molecule has 19 heavy (non-hydrogen) atoms. The molecule has 0 atom stereocenters. The molecule has 0 fully saturated rings. The van der Waals surface area contributed by atoms with E-state index < -0.39 is 16.4 Å². The predicted octanol–water partition coefficient (Wildman–Crippen LogP) is 3.23. The topological polar surface area (TPSA) is 81.0 Å². The van der Waals surface area contributed by atoms with Gasteiger partial charge in [-0.2, -0.15) is 0 Å². The molecule has 0 aliphatic carbocycles. The van der Waals surface area contributed by atoms with E-state index in [9.17, 15) is 14.5 Å². The molecular formula is C11H8ClFN4O2. The van der Waals surface area contributed by atoms with E-state index in [1.165, 1.54) is 6.07 Å². The highest BCUT2D eigenvalue weighted by Gasteiger charge is 2.21. The molecule has 0 saturated heterocycles. The summed E-state index contributed by atoms with van der Waals surface area (Å²) in [6, 6.07) is 4.35. The van der Waals surface area contributed by atoms with E-state index >= 15 is 0 Å². The first kappa shape index (κ1) is 13.2. The Morgan fingerprint density at radius 2 is 2.16 bits per heavy atom. The van der Waals surface area contributed by atoms with Gasteiger partial charge in [0.05, 0.1) is 4.92 Å². The molecule has 0 spiro atoms. The fraction of sp³-hybridized carbons (Fsp3) is 0.0909. The third-order valence-electron chi connectivity index (χ3n) is 2.39. The summed E-state index contributed by atoms with van der Waals surface area (Å²) in [4.78, 5) is 17.5. The SMILES string of the molecule is Cc1ccc(Nc2ncnc(Cl)c2[N+](=O)[O-])cc1F. The number of aromatic nitrogens is 2. The first-order valence-electron chi connectivity index (χ1n) is 5.17. The zero-order valence-electron chi connectivity index (χ0n) is 9.72. The first-order valence-corrected chi connectivity index (χ1v) is 5.55. The van der Waals surface area contributed by atoms with Crippen molar-refractivity contribution in [3.8, 4) is 0 Å². The van der Waals surface area contributed by atoms with Crippen LogP contribution in [0.5, 0.6) is 0 Å². The minimum Gasteiger partial charge on any atom is -0.334 e. The molecule has 0 aliphatic heterocycles. The molecule has 8 heteroatoms. The van der Waals surface area contributed by atoms with Crippen molar-refractivity contribution >= 4 is 28.8 Å². The maximum atomic E-state index is 13.4. The van der Waals surface area contributed by atoms with Gasteiger partial charge in [0.25, 0.3) is 0 Å². The maximum absolute atomic E-state index is 13.4. The Kier molecular flexibility index (Phi) is 3.57. The smallest absolute Gasteiger partial charge is 0.334 e. The summed E-state index contributed by atoms with van der Waals surface area (Å²) in [6.45, 7) is 1.61. The van der Waals surface area contributed by atoms with Gasteiger partial charge in [0.15, 0.2) is 0 Å². The third kappa shape index (κ3) is 2.76. The quantitative estimate of drug-likeness (QED) is 0.531. The monoisotopic (exact) mass is 282 g/mol. The van der Waals surface area contributed by atoms with E-state index in [-0.39, 0.29) is 11.0 Å². The van der Waals surface area contributed by atoms with Crippen LogP contribution in [0.1, 0.15) is 5.56 Å². The zero-order valence-corrected chi connectivity index (χ0v) is 10.5. The lowest BCUT2D eigenvalue weighted by Crippen LogP contribution is -2.02. The summed E-state index contributed by atoms with van der Waals surface area (Å²) in [5, 5.41) is 13.2. The van der Waals surface area contributed by atoms with Crippen molar-refractivity contribution in [2.24, 2.45) is 0 Å². The number of hydrogen-bond donors (Lipinski definition) is 1. The van der Waals surface area contributed by atoms with Crippen LogP contribution >= 0.6 is 11.6 Å². The summed E-state index contributed by atoms with van der Waals surface area (Å²) >= 11 is 5.64. The van der Waals surface area contributed by atoms with E-state index in [2.05, 4.69) is 15.3 Å². The summed E-state index contributed by atoms with van der Waals surface area (Å²) in [5.74, 6) is -0.513. The van der Waals surface area contributed by atoms with Crippen LogP contribution in [0.15, 0.2) is 24.5 Å². The first-order chi connectivity index (χ1) is 8.99. The van der Waals surface area contributed by atoms with Crippen LogP contribution in [-0.2, 0) is 0 Å². The maximum Gasteiger partial charge on any atom is 0.348 e. The Labute approximate surface area is 112 Å². The van der Waals surface area contributed by atoms with Gasteiger partial charge >= 0.3 is 5.69 Å². The van der Waals surface area contributed by atoms with Crippen molar-refractivity contribution in [1.82, 2.24) is 9.97 Å². The number of halogens is 2. The molecule has 1 aromatic heterocycles. The van der Waals surface area contributed by atoms with Crippen molar-refractivity contribution in [3.63, 3.8) is 0 Å². The molecule has 0 unspecified atom stereocenters. The normalized spacial score (nSPS) is 10.3. The Morgan fingerprint density at radius 3 is 2.79 bits per heavy atom. The molecule has 0 amide bonds. The number of benzene rings is 1. The van der Waals surface area contributed by atoms with Gasteiger partial charge in [0.2, 0.25) is 11.0 Å². The molecular weight excluding hydrogens is 275 g/mol. The van der Waals surface area contributed by atoms with E-state index in [0.29, 0.717) is 11.3 Å². The lowest BCUT2D eigenvalue weighted by atomic mass is 10.2. The standard InChI is InChI=1S/C11H8ClFN4O2/c1-6-2-3-7(4-8(6)13)16-11-9(17(18)19)10(12)14-5-15-11/h2-5H,1H3,(H,14,15,16). The van der Waals surface area contributed by atoms with Gasteiger partial charge in [-0.15, -0.1) is 0 Å². The van der Waals surface area contributed by atoms with E-state index in [1.54, 1.807) is 19.1 Å². The number of anilines is 2. The van der Waals surface area contributed by atoms with Crippen molar-refractivity contribution in [3.05, 3.63) is 51.2 Å². The second kappa shape index (κ2) is 5.15. The molecule has 1 heterocycles. The molecule has 2 rings (SSSR count). The molecule has 0 aliphatic rings. The summed E-state index contributed by atoms with van der Waals surface area (Å²) in [5.41, 5.74) is 0.354. The fourth-order valence-corrected chi connectivity index (χ4v) is 1.62. The Bertz CT molecular complexity index is 651. The third-order valence-corrected chi connectivity index (χ3v) is 2.67. The van der Waals surface area contributed by atoms with Crippen LogP contribution in [-0.4, -0.2) is 14.9 Å². The molecule has 1 aromatic carbocycles. The highest BCUT2D eigenvalue weighted by molar-refractivity contribution is 6.31. The molecule has 6 nitrogen and oxygen atoms in total. The second-order valence-electron chi connectivity index (χ2n) is 3.71. The van der Waals surface area contributed by atoms with Gasteiger partial charge < -0.3 is 5.32 Å². The molecule has 0 bridgehead atoms. The van der Waals surface area contributed by atoms with Crippen molar-refractivity contribution in [2.45, 2.75) is 6.92 Å². The number of nitrogens with one attached hydrogen (secondary N) is 1. The average molecular weight is 283 g/mol. The minimum atomic E-state index is -0.699. The van der Waals surface area contributed by atoms with Crippen LogP contribution in [0.4, 0.5) is 21.6 Å². The number of nitrogens with zero attached hydrogens (tertiary/aromatic N) is 3. The minimum absolute atomic E-state index is 0.0896. The van der Waals surface area contributed by atoms with Gasteiger partial charge in [0, 0.05) is 5.69 Å². The van der Waals surface area contributed by atoms with Crippen LogP contribution in [0.2, 0.25) is 5.15 Å². The van der Waals surface area contributed by atoms with Crippen LogP contribution < -0.4 is 5.32 Å². The molecule has 1 N–H and O–H groups in total. The Hall–Kier alpha value is -2.28. The lowest BCUT2D eigenvalue weighted by molar-refractivity contribution is -0.384. The van der Waals surface area contributed by atoms with Crippen molar-refractivity contribution in [2.75, 3.05) is 5.32 Å². The van der Waals surface area contributed by atoms with E-state index in [0.717, 1.165) is 6.33 Å². The van der Waals surface area contributed by atoms with E-state index in [4.69, 9.17) is 11.6 Å². The highest BCUT2D eigenvalue weighted by atomic mass is 35.5. The number of aryl methyl sites for hydroxylation is 1. The van der Waals surface area contributed by atoms with Gasteiger partial charge in [-0.25, -0.2) is 14.4 Å². The van der Waals surface area contributed by atoms with Gasteiger partial charge in [-0.1, -0.05) is 17.7 Å². The average Bonchev–Trinajstić information content (AvgIpc) is 2.33. The van der Waals surface area contributed by atoms with Gasteiger partial charge in [0.1, 0.15) is 12.1 Å². The molecule has 0 saturated carbocycles. The summed E-state index contributed by atoms with van der Waals surface area (Å²) < 4.78 is 13.4. The van der Waals surface area contributed by atoms with Crippen LogP contribution in [0.3, 0.4) is 0 Å². The van der Waals surface area contributed by atoms with Crippen LogP contribution in [0, 0.1) is 22.9 Å². The van der Waals surface area contributed by atoms with E-state index in [1.807, 2.05) is 0 Å². The largest absolute Gasteiger partial charge is 0.348 e. The molecule has 2 aromatic rings. The van der Waals surface area contributed by atoms with Crippen molar-refractivity contribution < 1.29 is 9.31 Å². The number of nitro groups is 1. The van der Waals surface area contributed by atoms with Gasteiger partial charge in [-0.05, 0) is 24.6 Å². The second-order valence-corrected chi connectivity index (χ2v) is 4.07. The Morgan fingerprint density at radius 1 is 1.42 bits per heavy atom. The number of rotatable bonds is 3. The fourth-order valence-electron chi connectivity index (χ4n) is 1.42. The lowest BCUT2D eigenvalue weighted by Gasteiger charge is -2.07. The molecule has 98 valence electrons. The number of hydrogen-bond acceptors (Lipinski definition) is 5. The highest BCUT2D eigenvalue weighted by Crippen LogP contribution is 2.30. The van der Waals surface area contributed by atoms with Gasteiger partial charge in [-0.3, -0.25) is 10.1 Å². The van der Waals surface area contributed by atoms with Crippen LogP contribution in [0.25, 0.3) is 0 Å². The summed E-state index contributed by atoms with van der Waals surface area (Å²) in [6.07, 6.45) is 1.09. The zero-order chi connectivity index (χ0) is 14.0. The summed E-state index contributed by atoms with van der Waals surface area (Å²) in [7, 11) is 0. The van der Waals surface area contributed by atoms with Crippen molar-refractivity contribution in [1.29, 1.82) is 0 Å². The Balaban J connectivity index is 2.40. The molecule has 0 radical (unpaired) electrons. The predicted molar refractivity (Wildman–Crippen MR) is 68.1 cm³/mol.